The Morgan fingerprint density at radius 3 is 2.83 bits per heavy atom. The second-order valence-corrected chi connectivity index (χ2v) is 3.50. The van der Waals surface area contributed by atoms with E-state index in [9.17, 15) is 4.79 Å². The van der Waals surface area contributed by atoms with Crippen LogP contribution in [0, 0.1) is 5.92 Å². The first-order valence-electron chi connectivity index (χ1n) is 4.42. The number of ether oxygens (including phenoxy) is 1. The Morgan fingerprint density at radius 1 is 1.58 bits per heavy atom. The van der Waals surface area contributed by atoms with Gasteiger partial charge in [0, 0.05) is 12.3 Å². The monoisotopic (exact) mass is 168 g/mol. The van der Waals surface area contributed by atoms with Crippen LogP contribution in [0.5, 0.6) is 0 Å². The molecule has 12 heavy (non-hydrogen) atoms. The van der Waals surface area contributed by atoms with Gasteiger partial charge in [0.25, 0.3) is 0 Å². The van der Waals surface area contributed by atoms with E-state index in [-0.39, 0.29) is 12.2 Å². The van der Waals surface area contributed by atoms with E-state index < -0.39 is 0 Å². The first kappa shape index (κ1) is 9.46. The summed E-state index contributed by atoms with van der Waals surface area (Å²) in [6.45, 7) is 6.20. The lowest BCUT2D eigenvalue weighted by atomic mass is 9.95. The van der Waals surface area contributed by atoms with Gasteiger partial charge < -0.3 is 9.53 Å². The van der Waals surface area contributed by atoms with Gasteiger partial charge in [0.2, 0.25) is 0 Å². The van der Waals surface area contributed by atoms with Crippen molar-refractivity contribution in [2.24, 2.45) is 5.92 Å². The normalized spacial score (nSPS) is 35.9. The van der Waals surface area contributed by atoms with Crippen LogP contribution < -0.4 is 0 Å². The average molecular weight is 168 g/mol. The number of carbonyl (C=O) groups excluding carboxylic acids is 1. The maximum atomic E-state index is 10.3. The molecule has 2 nitrogen and oxygen atoms in total. The Balaban J connectivity index is 2.67. The van der Waals surface area contributed by atoms with Gasteiger partial charge in [0.15, 0.2) is 0 Å². The van der Waals surface area contributed by atoms with Gasteiger partial charge in [-0.3, -0.25) is 0 Å². The zero-order chi connectivity index (χ0) is 9.14. The molecule has 1 heterocycles. The molecule has 1 aliphatic rings. The van der Waals surface area contributed by atoms with E-state index in [1.807, 2.05) is 13.8 Å². The number of rotatable bonds is 2. The third-order valence-corrected chi connectivity index (χ3v) is 2.46. The van der Waals surface area contributed by atoms with Gasteiger partial charge in [-0.1, -0.05) is 13.0 Å². The van der Waals surface area contributed by atoms with Crippen LogP contribution in [0.25, 0.3) is 0 Å². The minimum atomic E-state index is 0.0219. The molecule has 0 radical (unpaired) electrons. The topological polar surface area (TPSA) is 26.3 Å². The zero-order valence-corrected chi connectivity index (χ0v) is 7.91. The summed E-state index contributed by atoms with van der Waals surface area (Å²) in [5, 5.41) is 0. The fraction of sp³-hybridized carbons (Fsp3) is 0.700. The average Bonchev–Trinajstić information content (AvgIpc) is 2.01. The van der Waals surface area contributed by atoms with Gasteiger partial charge in [-0.15, -0.1) is 0 Å². The summed E-state index contributed by atoms with van der Waals surface area (Å²) in [6, 6.07) is 0. The van der Waals surface area contributed by atoms with Crippen molar-refractivity contribution in [1.82, 2.24) is 0 Å². The molecule has 68 valence electrons. The predicted octanol–water partition coefficient (Wildman–Crippen LogP) is 1.95. The van der Waals surface area contributed by atoms with E-state index in [0.29, 0.717) is 12.3 Å². The lowest BCUT2D eigenvalue weighted by molar-refractivity contribution is -0.111. The van der Waals surface area contributed by atoms with Crippen LogP contribution in [-0.4, -0.2) is 18.5 Å². The molecular weight excluding hydrogens is 152 g/mol. The number of hydrogen-bond donors (Lipinski definition) is 0. The summed E-state index contributed by atoms with van der Waals surface area (Å²) in [5.41, 5.74) is 1.19. The molecule has 1 rings (SSSR count). The molecule has 0 bridgehead atoms. The van der Waals surface area contributed by atoms with E-state index in [0.717, 1.165) is 6.29 Å². The summed E-state index contributed by atoms with van der Waals surface area (Å²) in [5.74, 6) is 0.466. The fourth-order valence-corrected chi connectivity index (χ4v) is 1.48. The van der Waals surface area contributed by atoms with Crippen LogP contribution in [0.4, 0.5) is 0 Å². The van der Waals surface area contributed by atoms with Crippen LogP contribution in [0.1, 0.15) is 27.2 Å². The summed E-state index contributed by atoms with van der Waals surface area (Å²) < 4.78 is 5.65. The molecule has 0 saturated carbocycles. The van der Waals surface area contributed by atoms with Gasteiger partial charge in [-0.05, 0) is 19.4 Å². The molecule has 0 spiro atoms. The van der Waals surface area contributed by atoms with Crippen molar-refractivity contribution in [3.63, 3.8) is 0 Å². The smallest absolute Gasteiger partial charge is 0.122 e. The van der Waals surface area contributed by atoms with Crippen molar-refractivity contribution in [2.45, 2.75) is 39.4 Å². The highest BCUT2D eigenvalue weighted by atomic mass is 16.5. The number of aldehydes is 1. The molecular formula is C10H16O2. The Hall–Kier alpha value is -0.630. The van der Waals surface area contributed by atoms with Crippen LogP contribution in [0.2, 0.25) is 0 Å². The Labute approximate surface area is 73.6 Å². The summed E-state index contributed by atoms with van der Waals surface area (Å²) in [4.78, 5) is 10.3. The number of carbonyl (C=O) groups is 1. The van der Waals surface area contributed by atoms with E-state index in [2.05, 4.69) is 13.0 Å². The Bertz CT molecular complexity index is 196. The largest absolute Gasteiger partial charge is 0.370 e. The first-order valence-corrected chi connectivity index (χ1v) is 4.42. The molecule has 0 saturated heterocycles. The highest BCUT2D eigenvalue weighted by molar-refractivity contribution is 5.51. The fourth-order valence-electron chi connectivity index (χ4n) is 1.48. The molecule has 2 heteroatoms. The molecule has 0 N–H and O–H groups in total. The third kappa shape index (κ3) is 1.95. The molecule has 0 aliphatic carbocycles. The van der Waals surface area contributed by atoms with Gasteiger partial charge in [-0.2, -0.15) is 0 Å². The van der Waals surface area contributed by atoms with Crippen LogP contribution in [0.3, 0.4) is 0 Å². The Kier molecular flexibility index (Phi) is 3.04. The lowest BCUT2D eigenvalue weighted by Crippen LogP contribution is -2.30. The summed E-state index contributed by atoms with van der Waals surface area (Å²) in [6.07, 6.45) is 3.86. The van der Waals surface area contributed by atoms with Crippen LogP contribution in [0.15, 0.2) is 11.6 Å². The van der Waals surface area contributed by atoms with Crippen molar-refractivity contribution in [2.75, 3.05) is 0 Å². The van der Waals surface area contributed by atoms with Crippen LogP contribution >= 0.6 is 0 Å². The van der Waals surface area contributed by atoms with E-state index >= 15 is 0 Å². The molecule has 0 aromatic heterocycles. The van der Waals surface area contributed by atoms with Gasteiger partial charge >= 0.3 is 0 Å². The summed E-state index contributed by atoms with van der Waals surface area (Å²) >= 11 is 0. The lowest BCUT2D eigenvalue weighted by Gasteiger charge is -2.30. The SMILES string of the molecule is CC1=C[C@@H](C)[C@@H](C)O[C@H]1CC=O. The quantitative estimate of drug-likeness (QED) is 0.465. The maximum absolute atomic E-state index is 10.3. The molecule has 3 atom stereocenters. The molecule has 0 aromatic rings. The minimum Gasteiger partial charge on any atom is -0.370 e. The van der Waals surface area contributed by atoms with Crippen molar-refractivity contribution in [1.29, 1.82) is 0 Å². The second-order valence-electron chi connectivity index (χ2n) is 3.50. The number of hydrogen-bond acceptors (Lipinski definition) is 2. The van der Waals surface area contributed by atoms with Gasteiger partial charge in [0.05, 0.1) is 12.2 Å². The Morgan fingerprint density at radius 2 is 2.25 bits per heavy atom. The van der Waals surface area contributed by atoms with Crippen molar-refractivity contribution >= 4 is 6.29 Å². The molecule has 0 unspecified atom stereocenters. The van der Waals surface area contributed by atoms with Gasteiger partial charge in [-0.25, -0.2) is 0 Å². The van der Waals surface area contributed by atoms with Crippen molar-refractivity contribution in [3.05, 3.63) is 11.6 Å². The third-order valence-electron chi connectivity index (χ3n) is 2.46. The summed E-state index contributed by atoms with van der Waals surface area (Å²) in [7, 11) is 0. The van der Waals surface area contributed by atoms with E-state index in [1.165, 1.54) is 5.57 Å². The molecule has 0 fully saturated rings. The van der Waals surface area contributed by atoms with Gasteiger partial charge in [0.1, 0.15) is 6.29 Å². The van der Waals surface area contributed by atoms with Crippen LogP contribution in [-0.2, 0) is 9.53 Å². The zero-order valence-electron chi connectivity index (χ0n) is 7.91. The predicted molar refractivity (Wildman–Crippen MR) is 47.9 cm³/mol. The molecule has 0 aromatic carbocycles. The highest BCUT2D eigenvalue weighted by Crippen LogP contribution is 2.24. The first-order chi connectivity index (χ1) is 5.65. The maximum Gasteiger partial charge on any atom is 0.122 e. The minimum absolute atomic E-state index is 0.0219. The molecule has 1 aliphatic heterocycles. The van der Waals surface area contributed by atoms with Crippen molar-refractivity contribution < 1.29 is 9.53 Å². The van der Waals surface area contributed by atoms with E-state index in [4.69, 9.17) is 4.74 Å². The standard InChI is InChI=1S/C10H16O2/c1-7-6-8(2)10(4-5-11)12-9(7)3/h5-7,9-10H,4H2,1-3H3/t7-,9-,10+/m1/s1. The highest BCUT2D eigenvalue weighted by Gasteiger charge is 2.23. The molecule has 0 amide bonds. The second kappa shape index (κ2) is 3.85. The van der Waals surface area contributed by atoms with E-state index in [1.54, 1.807) is 0 Å². The van der Waals surface area contributed by atoms with Crippen molar-refractivity contribution in [3.8, 4) is 0 Å².